The fraction of sp³-hybridized carbons (Fsp3) is 0.412. The van der Waals surface area contributed by atoms with Gasteiger partial charge in [-0.25, -0.2) is 0 Å². The number of aliphatic hydroxyl groups is 1. The second-order valence-electron chi connectivity index (χ2n) is 5.45. The summed E-state index contributed by atoms with van der Waals surface area (Å²) in [4.78, 5) is 0. The molecular formula is C17H23NO2. The molecular weight excluding hydrogens is 250 g/mol. The third kappa shape index (κ3) is 3.71. The number of aliphatic hydroxyl groups excluding tert-OH is 1. The van der Waals surface area contributed by atoms with E-state index in [-0.39, 0.29) is 12.6 Å². The van der Waals surface area contributed by atoms with Crippen LogP contribution >= 0.6 is 0 Å². The Balaban J connectivity index is 1.92. The van der Waals surface area contributed by atoms with Gasteiger partial charge < -0.3 is 14.8 Å². The molecule has 1 unspecified atom stereocenters. The lowest BCUT2D eigenvalue weighted by Gasteiger charge is -2.14. The van der Waals surface area contributed by atoms with Gasteiger partial charge >= 0.3 is 0 Å². The summed E-state index contributed by atoms with van der Waals surface area (Å²) < 4.78 is 5.46. The molecule has 3 heteroatoms. The van der Waals surface area contributed by atoms with E-state index in [9.17, 15) is 0 Å². The Morgan fingerprint density at radius 2 is 1.55 bits per heavy atom. The maximum atomic E-state index is 8.96. The fourth-order valence-electron chi connectivity index (χ4n) is 2.14. The highest BCUT2D eigenvalue weighted by Gasteiger charge is 2.07. The minimum absolute atomic E-state index is 0.0494. The standard InChI is InChI=1S/C17H23NO2/c1-12(2)14-4-6-15(7-5-14)13(3)18-10-16-8-9-17(11-19)20-16/h4-9,12-13,18-19H,10-11H2,1-3H3. The Hall–Kier alpha value is -1.58. The number of furan rings is 1. The molecule has 20 heavy (non-hydrogen) atoms. The average Bonchev–Trinajstić information content (AvgIpc) is 2.93. The maximum absolute atomic E-state index is 8.96. The predicted molar refractivity (Wildman–Crippen MR) is 80.4 cm³/mol. The molecule has 1 aromatic heterocycles. The maximum Gasteiger partial charge on any atom is 0.129 e. The highest BCUT2D eigenvalue weighted by molar-refractivity contribution is 5.26. The van der Waals surface area contributed by atoms with Crippen molar-refractivity contribution in [1.82, 2.24) is 5.32 Å². The van der Waals surface area contributed by atoms with Crippen molar-refractivity contribution >= 4 is 0 Å². The molecule has 0 saturated carbocycles. The van der Waals surface area contributed by atoms with Crippen LogP contribution in [0.5, 0.6) is 0 Å². The van der Waals surface area contributed by atoms with E-state index in [1.807, 2.05) is 6.07 Å². The van der Waals surface area contributed by atoms with Crippen LogP contribution in [0.4, 0.5) is 0 Å². The lowest BCUT2D eigenvalue weighted by Crippen LogP contribution is -2.17. The van der Waals surface area contributed by atoms with Gasteiger partial charge in [-0.05, 0) is 36.1 Å². The van der Waals surface area contributed by atoms with Crippen LogP contribution in [-0.2, 0) is 13.2 Å². The molecule has 0 amide bonds. The van der Waals surface area contributed by atoms with Crippen LogP contribution in [0, 0.1) is 0 Å². The molecule has 0 fully saturated rings. The van der Waals surface area contributed by atoms with Gasteiger partial charge in [-0.15, -0.1) is 0 Å². The van der Waals surface area contributed by atoms with Crippen LogP contribution in [0.1, 0.15) is 55.4 Å². The van der Waals surface area contributed by atoms with Crippen molar-refractivity contribution in [2.75, 3.05) is 0 Å². The minimum atomic E-state index is -0.0494. The molecule has 1 heterocycles. The van der Waals surface area contributed by atoms with Gasteiger partial charge in [-0.3, -0.25) is 0 Å². The van der Waals surface area contributed by atoms with Crippen molar-refractivity contribution in [3.63, 3.8) is 0 Å². The molecule has 0 bridgehead atoms. The van der Waals surface area contributed by atoms with E-state index in [1.54, 1.807) is 6.07 Å². The largest absolute Gasteiger partial charge is 0.462 e. The minimum Gasteiger partial charge on any atom is -0.462 e. The normalized spacial score (nSPS) is 12.8. The van der Waals surface area contributed by atoms with Crippen LogP contribution in [0.15, 0.2) is 40.8 Å². The van der Waals surface area contributed by atoms with Crippen molar-refractivity contribution in [2.24, 2.45) is 0 Å². The smallest absolute Gasteiger partial charge is 0.129 e. The Morgan fingerprint density at radius 3 is 2.10 bits per heavy atom. The summed E-state index contributed by atoms with van der Waals surface area (Å²) in [5, 5.41) is 12.4. The first-order valence-corrected chi connectivity index (χ1v) is 7.12. The van der Waals surface area contributed by atoms with Crippen molar-refractivity contribution in [2.45, 2.75) is 45.9 Å². The van der Waals surface area contributed by atoms with Gasteiger partial charge in [0.15, 0.2) is 0 Å². The number of hydrogen-bond donors (Lipinski definition) is 2. The summed E-state index contributed by atoms with van der Waals surface area (Å²) in [7, 11) is 0. The molecule has 0 aliphatic carbocycles. The van der Waals surface area contributed by atoms with Gasteiger partial charge in [0.2, 0.25) is 0 Å². The predicted octanol–water partition coefficient (Wildman–Crippen LogP) is 3.75. The lowest BCUT2D eigenvalue weighted by atomic mass is 9.99. The van der Waals surface area contributed by atoms with Gasteiger partial charge in [0.1, 0.15) is 18.1 Å². The molecule has 0 spiro atoms. The van der Waals surface area contributed by atoms with Crippen LogP contribution in [0.3, 0.4) is 0 Å². The Kier molecular flexibility index (Phi) is 4.99. The molecule has 1 atom stereocenters. The van der Waals surface area contributed by atoms with E-state index in [4.69, 9.17) is 9.52 Å². The molecule has 108 valence electrons. The summed E-state index contributed by atoms with van der Waals surface area (Å²) >= 11 is 0. The average molecular weight is 273 g/mol. The highest BCUT2D eigenvalue weighted by atomic mass is 16.4. The third-order valence-electron chi connectivity index (χ3n) is 3.56. The number of nitrogens with one attached hydrogen (secondary N) is 1. The van der Waals surface area contributed by atoms with E-state index in [0.29, 0.717) is 18.2 Å². The van der Waals surface area contributed by atoms with E-state index < -0.39 is 0 Å². The molecule has 0 aliphatic heterocycles. The summed E-state index contributed by atoms with van der Waals surface area (Å²) in [6, 6.07) is 12.7. The molecule has 2 N–H and O–H groups in total. The molecule has 0 radical (unpaired) electrons. The quantitative estimate of drug-likeness (QED) is 0.842. The van der Waals surface area contributed by atoms with Crippen LogP contribution in [0.2, 0.25) is 0 Å². The Labute approximate surface area is 120 Å². The Morgan fingerprint density at radius 1 is 0.950 bits per heavy atom. The van der Waals surface area contributed by atoms with Crippen molar-refractivity contribution < 1.29 is 9.52 Å². The molecule has 0 aliphatic rings. The SMILES string of the molecule is CC(C)c1ccc(C(C)NCc2ccc(CO)o2)cc1. The van der Waals surface area contributed by atoms with E-state index in [1.165, 1.54) is 11.1 Å². The Bertz CT molecular complexity index is 528. The van der Waals surface area contributed by atoms with Crippen LogP contribution in [-0.4, -0.2) is 5.11 Å². The second-order valence-corrected chi connectivity index (χ2v) is 5.45. The zero-order valence-corrected chi connectivity index (χ0v) is 12.4. The summed E-state index contributed by atoms with van der Waals surface area (Å²) in [5.41, 5.74) is 2.63. The first-order chi connectivity index (χ1) is 9.60. The summed E-state index contributed by atoms with van der Waals surface area (Å²) in [5.74, 6) is 2.02. The topological polar surface area (TPSA) is 45.4 Å². The van der Waals surface area contributed by atoms with E-state index in [2.05, 4.69) is 50.4 Å². The van der Waals surface area contributed by atoms with Gasteiger partial charge in [0.25, 0.3) is 0 Å². The van der Waals surface area contributed by atoms with Gasteiger partial charge in [0.05, 0.1) is 6.54 Å². The van der Waals surface area contributed by atoms with E-state index in [0.717, 1.165) is 5.76 Å². The van der Waals surface area contributed by atoms with Crippen LogP contribution < -0.4 is 5.32 Å². The molecule has 2 aromatic rings. The van der Waals surface area contributed by atoms with Gasteiger partial charge in [-0.1, -0.05) is 38.1 Å². The van der Waals surface area contributed by atoms with Crippen molar-refractivity contribution in [1.29, 1.82) is 0 Å². The lowest BCUT2D eigenvalue weighted by molar-refractivity contribution is 0.242. The third-order valence-corrected chi connectivity index (χ3v) is 3.56. The van der Waals surface area contributed by atoms with Gasteiger partial charge in [0, 0.05) is 6.04 Å². The number of benzene rings is 1. The van der Waals surface area contributed by atoms with Gasteiger partial charge in [-0.2, -0.15) is 0 Å². The number of rotatable bonds is 6. The molecule has 2 rings (SSSR count). The zero-order chi connectivity index (χ0) is 14.5. The van der Waals surface area contributed by atoms with E-state index >= 15 is 0 Å². The fourth-order valence-corrected chi connectivity index (χ4v) is 2.14. The first-order valence-electron chi connectivity index (χ1n) is 7.12. The first kappa shape index (κ1) is 14.8. The van der Waals surface area contributed by atoms with Crippen LogP contribution in [0.25, 0.3) is 0 Å². The van der Waals surface area contributed by atoms with Crippen molar-refractivity contribution in [3.05, 3.63) is 59.0 Å². The highest BCUT2D eigenvalue weighted by Crippen LogP contribution is 2.19. The summed E-state index contributed by atoms with van der Waals surface area (Å²) in [6.07, 6.45) is 0. The molecule has 1 aromatic carbocycles. The zero-order valence-electron chi connectivity index (χ0n) is 12.4. The molecule has 0 saturated heterocycles. The summed E-state index contributed by atoms with van der Waals surface area (Å²) in [6.45, 7) is 7.15. The second kappa shape index (κ2) is 6.73. The molecule has 3 nitrogen and oxygen atoms in total. The number of hydrogen-bond acceptors (Lipinski definition) is 3. The monoisotopic (exact) mass is 273 g/mol. The van der Waals surface area contributed by atoms with Crippen molar-refractivity contribution in [3.8, 4) is 0 Å².